The molecule has 6 heteroatoms. The standard InChI is InChI=1S/C15H10N2S4/c18-14-16-10-3-1-9(7-13(10)21-14)5-8-2-4-12-11(6-8)17-15(19)20-12/h1-4,6-7H,5H2,(H,16,18)(H,17,19). The highest BCUT2D eigenvalue weighted by atomic mass is 32.2. The molecule has 0 aliphatic heterocycles. The molecule has 0 spiro atoms. The Morgan fingerprint density at radius 1 is 0.762 bits per heavy atom. The van der Waals surface area contributed by atoms with Gasteiger partial charge in [0, 0.05) is 0 Å². The fourth-order valence-electron chi connectivity index (χ4n) is 2.44. The van der Waals surface area contributed by atoms with Gasteiger partial charge in [0.25, 0.3) is 0 Å². The van der Waals surface area contributed by atoms with Gasteiger partial charge >= 0.3 is 0 Å². The van der Waals surface area contributed by atoms with Crippen LogP contribution in [0.2, 0.25) is 0 Å². The molecule has 0 atom stereocenters. The van der Waals surface area contributed by atoms with Gasteiger partial charge in [-0.15, -0.1) is 22.7 Å². The van der Waals surface area contributed by atoms with Crippen molar-refractivity contribution in [2.45, 2.75) is 6.42 Å². The van der Waals surface area contributed by atoms with Gasteiger partial charge in [0.1, 0.15) is 0 Å². The van der Waals surface area contributed by atoms with Crippen molar-refractivity contribution < 1.29 is 0 Å². The summed E-state index contributed by atoms with van der Waals surface area (Å²) in [5.41, 5.74) is 4.82. The molecule has 2 nitrogen and oxygen atoms in total. The summed E-state index contributed by atoms with van der Waals surface area (Å²) in [5.74, 6) is 0. The van der Waals surface area contributed by atoms with E-state index in [4.69, 9.17) is 24.4 Å². The van der Waals surface area contributed by atoms with Crippen LogP contribution in [-0.2, 0) is 6.42 Å². The van der Waals surface area contributed by atoms with Crippen LogP contribution in [-0.4, -0.2) is 9.97 Å². The lowest BCUT2D eigenvalue weighted by atomic mass is 10.0. The lowest BCUT2D eigenvalue weighted by Gasteiger charge is -2.02. The van der Waals surface area contributed by atoms with Crippen LogP contribution >= 0.6 is 47.1 Å². The minimum Gasteiger partial charge on any atom is -0.337 e. The first-order valence-electron chi connectivity index (χ1n) is 6.41. The van der Waals surface area contributed by atoms with Gasteiger partial charge in [0.15, 0.2) is 7.91 Å². The Morgan fingerprint density at radius 2 is 1.43 bits per heavy atom. The second-order valence-corrected chi connectivity index (χ2v) is 8.30. The number of nitrogens with one attached hydrogen (secondary N) is 2. The van der Waals surface area contributed by atoms with Crippen LogP contribution in [0.15, 0.2) is 36.4 Å². The molecule has 0 aliphatic rings. The molecule has 2 aromatic carbocycles. The maximum atomic E-state index is 5.19. The Kier molecular flexibility index (Phi) is 3.26. The number of H-pyrrole nitrogens is 2. The van der Waals surface area contributed by atoms with E-state index in [0.717, 1.165) is 25.4 Å². The number of benzene rings is 2. The van der Waals surface area contributed by atoms with Gasteiger partial charge < -0.3 is 9.97 Å². The summed E-state index contributed by atoms with van der Waals surface area (Å²) in [7, 11) is 0. The van der Waals surface area contributed by atoms with E-state index in [9.17, 15) is 0 Å². The Morgan fingerprint density at radius 3 is 2.29 bits per heavy atom. The molecule has 2 aromatic heterocycles. The summed E-state index contributed by atoms with van der Waals surface area (Å²) < 4.78 is 4.08. The fraction of sp³-hybridized carbons (Fsp3) is 0.0667. The first-order valence-corrected chi connectivity index (χ1v) is 8.86. The first kappa shape index (κ1) is 13.3. The third-order valence-corrected chi connectivity index (χ3v) is 5.79. The molecular formula is C15H10N2S4. The molecule has 4 rings (SSSR count). The average molecular weight is 347 g/mol. The van der Waals surface area contributed by atoms with Gasteiger partial charge in [-0.1, -0.05) is 12.1 Å². The van der Waals surface area contributed by atoms with Crippen LogP contribution in [0.4, 0.5) is 0 Å². The SMILES string of the molecule is S=c1[nH]c2cc(Cc3ccc4[nH]c(=S)sc4c3)ccc2s1. The van der Waals surface area contributed by atoms with Crippen LogP contribution in [0.3, 0.4) is 0 Å². The van der Waals surface area contributed by atoms with Crippen LogP contribution in [0.5, 0.6) is 0 Å². The summed E-state index contributed by atoms with van der Waals surface area (Å²) in [6.07, 6.45) is 0.910. The minimum atomic E-state index is 0.828. The van der Waals surface area contributed by atoms with E-state index in [1.54, 1.807) is 22.7 Å². The van der Waals surface area contributed by atoms with Crippen LogP contribution in [0.1, 0.15) is 11.1 Å². The highest BCUT2D eigenvalue weighted by Gasteiger charge is 2.03. The van der Waals surface area contributed by atoms with Crippen molar-refractivity contribution in [2.75, 3.05) is 0 Å². The molecule has 0 fully saturated rings. The monoisotopic (exact) mass is 346 g/mol. The molecule has 0 radical (unpaired) electrons. The number of aromatic nitrogens is 2. The zero-order valence-corrected chi connectivity index (χ0v) is 14.1. The maximum Gasteiger partial charge on any atom is 0.159 e. The van der Waals surface area contributed by atoms with E-state index in [2.05, 4.69) is 46.4 Å². The summed E-state index contributed by atoms with van der Waals surface area (Å²) in [6, 6.07) is 13.0. The number of hydrogen-bond donors (Lipinski definition) is 2. The Balaban J connectivity index is 1.74. The fourth-order valence-corrected chi connectivity index (χ4v) is 4.72. The third-order valence-electron chi connectivity index (χ3n) is 3.38. The number of aromatic amines is 2. The van der Waals surface area contributed by atoms with Gasteiger partial charge in [0.2, 0.25) is 0 Å². The van der Waals surface area contributed by atoms with Crippen molar-refractivity contribution in [2.24, 2.45) is 0 Å². The van der Waals surface area contributed by atoms with Crippen molar-refractivity contribution in [3.63, 3.8) is 0 Å². The van der Waals surface area contributed by atoms with Crippen molar-refractivity contribution in [1.29, 1.82) is 0 Å². The van der Waals surface area contributed by atoms with E-state index < -0.39 is 0 Å². The topological polar surface area (TPSA) is 31.6 Å². The predicted octanol–water partition coefficient (Wildman–Crippen LogP) is 5.82. The molecule has 104 valence electrons. The summed E-state index contributed by atoms with van der Waals surface area (Å²) in [5, 5.41) is 0. The molecule has 0 bridgehead atoms. The lowest BCUT2D eigenvalue weighted by Crippen LogP contribution is -1.87. The average Bonchev–Trinajstić information content (AvgIpc) is 2.98. The van der Waals surface area contributed by atoms with Crippen LogP contribution < -0.4 is 0 Å². The van der Waals surface area contributed by atoms with Crippen LogP contribution in [0.25, 0.3) is 20.4 Å². The zero-order valence-electron chi connectivity index (χ0n) is 10.8. The number of hydrogen-bond acceptors (Lipinski definition) is 4. The molecule has 2 heterocycles. The highest BCUT2D eigenvalue weighted by Crippen LogP contribution is 2.24. The Bertz CT molecular complexity index is 978. The van der Waals surface area contributed by atoms with E-state index in [1.807, 2.05) is 0 Å². The molecular weight excluding hydrogens is 336 g/mol. The molecule has 0 amide bonds. The summed E-state index contributed by atoms with van der Waals surface area (Å²) in [4.78, 5) is 6.43. The van der Waals surface area contributed by atoms with Crippen molar-refractivity contribution in [1.82, 2.24) is 9.97 Å². The van der Waals surface area contributed by atoms with E-state index in [-0.39, 0.29) is 0 Å². The zero-order chi connectivity index (χ0) is 14.4. The second kappa shape index (κ2) is 5.14. The van der Waals surface area contributed by atoms with E-state index in [1.165, 1.54) is 20.5 Å². The smallest absolute Gasteiger partial charge is 0.159 e. The van der Waals surface area contributed by atoms with Gasteiger partial charge in [-0.3, -0.25) is 0 Å². The molecule has 2 N–H and O–H groups in total. The third kappa shape index (κ3) is 2.60. The number of rotatable bonds is 2. The summed E-state index contributed by atoms with van der Waals surface area (Å²) >= 11 is 13.6. The quantitative estimate of drug-likeness (QED) is 0.448. The first-order chi connectivity index (χ1) is 10.2. The minimum absolute atomic E-state index is 0.828. The van der Waals surface area contributed by atoms with E-state index in [0.29, 0.717) is 0 Å². The van der Waals surface area contributed by atoms with Gasteiger partial charge in [-0.2, -0.15) is 0 Å². The normalized spacial score (nSPS) is 11.4. The number of thiazole rings is 2. The molecule has 0 saturated heterocycles. The molecule has 0 unspecified atom stereocenters. The lowest BCUT2D eigenvalue weighted by molar-refractivity contribution is 1.20. The molecule has 0 aliphatic carbocycles. The van der Waals surface area contributed by atoms with E-state index >= 15 is 0 Å². The Labute approximate surface area is 139 Å². The summed E-state index contributed by atoms with van der Waals surface area (Å²) in [6.45, 7) is 0. The van der Waals surface area contributed by atoms with Crippen molar-refractivity contribution in [3.05, 3.63) is 55.4 Å². The van der Waals surface area contributed by atoms with Gasteiger partial charge in [0.05, 0.1) is 20.4 Å². The van der Waals surface area contributed by atoms with Crippen molar-refractivity contribution >= 4 is 67.5 Å². The number of fused-ring (bicyclic) bond motifs is 2. The largest absolute Gasteiger partial charge is 0.337 e. The van der Waals surface area contributed by atoms with Gasteiger partial charge in [-0.25, -0.2) is 0 Å². The molecule has 4 aromatic rings. The predicted molar refractivity (Wildman–Crippen MR) is 96.8 cm³/mol. The molecule has 0 saturated carbocycles. The second-order valence-electron chi connectivity index (χ2n) is 4.87. The maximum absolute atomic E-state index is 5.19. The highest BCUT2D eigenvalue weighted by molar-refractivity contribution is 7.74. The van der Waals surface area contributed by atoms with Gasteiger partial charge in [-0.05, 0) is 66.2 Å². The van der Waals surface area contributed by atoms with Crippen molar-refractivity contribution in [3.8, 4) is 0 Å². The Hall–Kier alpha value is -1.34. The molecule has 21 heavy (non-hydrogen) atoms. The van der Waals surface area contributed by atoms with Crippen LogP contribution in [0, 0.1) is 7.91 Å².